The number of carbonyl (C=O) groups excluding carboxylic acids is 1. The zero-order valence-electron chi connectivity index (χ0n) is 10.5. The van der Waals surface area contributed by atoms with Crippen LogP contribution >= 0.6 is 0 Å². The molecule has 1 fully saturated rings. The van der Waals surface area contributed by atoms with E-state index < -0.39 is 0 Å². The van der Waals surface area contributed by atoms with Crippen molar-refractivity contribution in [3.05, 3.63) is 0 Å². The molecule has 3 heteroatoms. The second kappa shape index (κ2) is 4.12. The van der Waals surface area contributed by atoms with Gasteiger partial charge in [-0.05, 0) is 38.6 Å². The number of rotatable bonds is 2. The molecule has 0 spiro atoms. The highest BCUT2D eigenvalue weighted by Crippen LogP contribution is 2.39. The SMILES string of the molecule is CCC(=O)N1CCC(C)(CN)CC1(C)C. The van der Waals surface area contributed by atoms with Gasteiger partial charge in [-0.3, -0.25) is 4.79 Å². The third kappa shape index (κ3) is 2.51. The molecule has 2 N–H and O–H groups in total. The van der Waals surface area contributed by atoms with Gasteiger partial charge in [0.1, 0.15) is 0 Å². The second-order valence-electron chi connectivity index (χ2n) is 5.65. The van der Waals surface area contributed by atoms with Gasteiger partial charge in [0.2, 0.25) is 5.91 Å². The number of nitrogens with zero attached hydrogens (tertiary/aromatic N) is 1. The van der Waals surface area contributed by atoms with Crippen molar-refractivity contribution in [2.24, 2.45) is 11.1 Å². The summed E-state index contributed by atoms with van der Waals surface area (Å²) in [5, 5.41) is 0. The van der Waals surface area contributed by atoms with E-state index >= 15 is 0 Å². The van der Waals surface area contributed by atoms with Crippen LogP contribution < -0.4 is 5.73 Å². The van der Waals surface area contributed by atoms with Gasteiger partial charge in [-0.2, -0.15) is 0 Å². The summed E-state index contributed by atoms with van der Waals surface area (Å²) in [4.78, 5) is 13.8. The normalized spacial score (nSPS) is 30.3. The summed E-state index contributed by atoms with van der Waals surface area (Å²) in [6.07, 6.45) is 2.63. The van der Waals surface area contributed by atoms with Crippen LogP contribution in [0.1, 0.15) is 47.0 Å². The Labute approximate surface area is 93.0 Å². The number of nitrogens with two attached hydrogens (primary N) is 1. The highest BCUT2D eigenvalue weighted by Gasteiger charge is 2.41. The Morgan fingerprint density at radius 1 is 1.40 bits per heavy atom. The van der Waals surface area contributed by atoms with Crippen LogP contribution in [0.5, 0.6) is 0 Å². The largest absolute Gasteiger partial charge is 0.338 e. The molecule has 1 heterocycles. The molecular weight excluding hydrogens is 188 g/mol. The maximum atomic E-state index is 11.8. The first-order chi connectivity index (χ1) is 6.84. The van der Waals surface area contributed by atoms with Gasteiger partial charge in [0, 0.05) is 18.5 Å². The van der Waals surface area contributed by atoms with Crippen LogP contribution in [0, 0.1) is 5.41 Å². The van der Waals surface area contributed by atoms with E-state index in [9.17, 15) is 4.79 Å². The van der Waals surface area contributed by atoms with Crippen molar-refractivity contribution < 1.29 is 4.79 Å². The zero-order chi connectivity index (χ0) is 11.7. The Bertz CT molecular complexity index is 250. The van der Waals surface area contributed by atoms with Crippen LogP contribution in [-0.4, -0.2) is 29.4 Å². The van der Waals surface area contributed by atoms with E-state index in [4.69, 9.17) is 5.73 Å². The van der Waals surface area contributed by atoms with Gasteiger partial charge in [0.25, 0.3) is 0 Å². The minimum Gasteiger partial charge on any atom is -0.338 e. The van der Waals surface area contributed by atoms with E-state index in [1.165, 1.54) is 0 Å². The first-order valence-corrected chi connectivity index (χ1v) is 5.85. The molecule has 1 unspecified atom stereocenters. The van der Waals surface area contributed by atoms with Gasteiger partial charge in [0.05, 0.1) is 0 Å². The molecular formula is C12H24N2O. The number of piperidine rings is 1. The third-order valence-electron chi connectivity index (χ3n) is 3.63. The standard InChI is InChI=1S/C12H24N2O/c1-5-10(15)14-7-6-12(4,9-13)8-11(14,2)3/h5-9,13H2,1-4H3. The summed E-state index contributed by atoms with van der Waals surface area (Å²) in [5.41, 5.74) is 5.97. The number of likely N-dealkylation sites (tertiary alicyclic amines) is 1. The molecule has 1 atom stereocenters. The van der Waals surface area contributed by atoms with Crippen LogP contribution in [0.4, 0.5) is 0 Å². The van der Waals surface area contributed by atoms with Crippen molar-refractivity contribution in [1.82, 2.24) is 4.90 Å². The monoisotopic (exact) mass is 212 g/mol. The van der Waals surface area contributed by atoms with E-state index in [1.54, 1.807) is 0 Å². The molecule has 0 aliphatic carbocycles. The molecule has 0 saturated carbocycles. The lowest BCUT2D eigenvalue weighted by Crippen LogP contribution is -2.56. The highest BCUT2D eigenvalue weighted by molar-refractivity contribution is 5.76. The molecule has 3 nitrogen and oxygen atoms in total. The minimum absolute atomic E-state index is 0.0422. The minimum atomic E-state index is -0.0422. The fourth-order valence-corrected chi connectivity index (χ4v) is 2.74. The average Bonchev–Trinajstić information content (AvgIpc) is 2.15. The number of carbonyl (C=O) groups is 1. The first-order valence-electron chi connectivity index (χ1n) is 5.85. The topological polar surface area (TPSA) is 46.3 Å². The van der Waals surface area contributed by atoms with E-state index in [0.717, 1.165) is 19.4 Å². The Kier molecular flexibility index (Phi) is 3.44. The van der Waals surface area contributed by atoms with E-state index in [0.29, 0.717) is 13.0 Å². The summed E-state index contributed by atoms with van der Waals surface area (Å²) in [7, 11) is 0. The van der Waals surface area contributed by atoms with E-state index in [2.05, 4.69) is 20.8 Å². The summed E-state index contributed by atoms with van der Waals surface area (Å²) in [6.45, 7) is 10.0. The number of hydrogen-bond acceptors (Lipinski definition) is 2. The molecule has 0 bridgehead atoms. The van der Waals surface area contributed by atoms with Crippen molar-refractivity contribution in [2.75, 3.05) is 13.1 Å². The number of amides is 1. The maximum Gasteiger partial charge on any atom is 0.222 e. The molecule has 15 heavy (non-hydrogen) atoms. The van der Waals surface area contributed by atoms with E-state index in [1.807, 2.05) is 11.8 Å². The third-order valence-corrected chi connectivity index (χ3v) is 3.63. The van der Waals surface area contributed by atoms with Crippen LogP contribution in [-0.2, 0) is 4.79 Å². The second-order valence-corrected chi connectivity index (χ2v) is 5.65. The molecule has 1 aliphatic rings. The van der Waals surface area contributed by atoms with Gasteiger partial charge < -0.3 is 10.6 Å². The lowest BCUT2D eigenvalue weighted by atomic mass is 9.72. The van der Waals surface area contributed by atoms with Crippen molar-refractivity contribution in [2.45, 2.75) is 52.5 Å². The molecule has 1 amide bonds. The van der Waals surface area contributed by atoms with Crippen molar-refractivity contribution in [1.29, 1.82) is 0 Å². The van der Waals surface area contributed by atoms with Crippen molar-refractivity contribution >= 4 is 5.91 Å². The quantitative estimate of drug-likeness (QED) is 0.758. The first kappa shape index (κ1) is 12.5. The summed E-state index contributed by atoms with van der Waals surface area (Å²) in [6, 6.07) is 0. The molecule has 0 aromatic heterocycles. The summed E-state index contributed by atoms with van der Waals surface area (Å²) in [5.74, 6) is 0.263. The number of hydrogen-bond donors (Lipinski definition) is 1. The summed E-state index contributed by atoms with van der Waals surface area (Å²) >= 11 is 0. The Morgan fingerprint density at radius 2 is 2.00 bits per heavy atom. The van der Waals surface area contributed by atoms with E-state index in [-0.39, 0.29) is 16.9 Å². The van der Waals surface area contributed by atoms with Gasteiger partial charge in [-0.1, -0.05) is 13.8 Å². The predicted molar refractivity (Wildman–Crippen MR) is 62.5 cm³/mol. The van der Waals surface area contributed by atoms with Crippen molar-refractivity contribution in [3.63, 3.8) is 0 Å². The Balaban J connectivity index is 2.79. The zero-order valence-corrected chi connectivity index (χ0v) is 10.5. The highest BCUT2D eigenvalue weighted by atomic mass is 16.2. The average molecular weight is 212 g/mol. The maximum absolute atomic E-state index is 11.8. The summed E-state index contributed by atoms with van der Waals surface area (Å²) < 4.78 is 0. The molecule has 1 saturated heterocycles. The fourth-order valence-electron chi connectivity index (χ4n) is 2.74. The molecule has 0 aromatic carbocycles. The van der Waals surface area contributed by atoms with Crippen LogP contribution in [0.15, 0.2) is 0 Å². The Hall–Kier alpha value is -0.570. The smallest absolute Gasteiger partial charge is 0.222 e. The molecule has 0 radical (unpaired) electrons. The van der Waals surface area contributed by atoms with Crippen molar-refractivity contribution in [3.8, 4) is 0 Å². The Morgan fingerprint density at radius 3 is 2.40 bits per heavy atom. The van der Waals surface area contributed by atoms with Gasteiger partial charge in [-0.25, -0.2) is 0 Å². The lowest BCUT2D eigenvalue weighted by Gasteiger charge is -2.50. The molecule has 88 valence electrons. The lowest BCUT2D eigenvalue weighted by molar-refractivity contribution is -0.141. The van der Waals surface area contributed by atoms with Gasteiger partial charge in [-0.15, -0.1) is 0 Å². The molecule has 1 rings (SSSR count). The van der Waals surface area contributed by atoms with Gasteiger partial charge in [0.15, 0.2) is 0 Å². The molecule has 1 aliphatic heterocycles. The van der Waals surface area contributed by atoms with Crippen LogP contribution in [0.2, 0.25) is 0 Å². The van der Waals surface area contributed by atoms with Crippen LogP contribution in [0.25, 0.3) is 0 Å². The van der Waals surface area contributed by atoms with Gasteiger partial charge >= 0.3 is 0 Å². The fraction of sp³-hybridized carbons (Fsp3) is 0.917. The molecule has 0 aromatic rings. The van der Waals surface area contributed by atoms with Crippen LogP contribution in [0.3, 0.4) is 0 Å². The predicted octanol–water partition coefficient (Wildman–Crippen LogP) is 1.76.